The molecule has 1 aromatic carbocycles. The summed E-state index contributed by atoms with van der Waals surface area (Å²) in [5.41, 5.74) is 5.24. The smallest absolute Gasteiger partial charge is 0.429 e. The number of benzene rings is 1. The second-order valence-electron chi connectivity index (χ2n) is 6.65. The van der Waals surface area contributed by atoms with E-state index >= 15 is 0 Å². The molecule has 1 aromatic rings. The van der Waals surface area contributed by atoms with Crippen molar-refractivity contribution < 1.29 is 29.1 Å². The summed E-state index contributed by atoms with van der Waals surface area (Å²) in [6, 6.07) is 0. The highest BCUT2D eigenvalue weighted by Crippen LogP contribution is 2.26. The van der Waals surface area contributed by atoms with E-state index in [2.05, 4.69) is 14.8 Å². The van der Waals surface area contributed by atoms with Gasteiger partial charge in [-0.15, -0.1) is 0 Å². The van der Waals surface area contributed by atoms with Crippen molar-refractivity contribution >= 4 is 12.1 Å². The first-order valence-electron chi connectivity index (χ1n) is 8.66. The average Bonchev–Trinajstić information content (AvgIpc) is 2.59. The predicted molar refractivity (Wildman–Crippen MR) is 91.1 cm³/mol. The van der Waals surface area contributed by atoms with Gasteiger partial charge in [-0.25, -0.2) is 14.5 Å². The van der Waals surface area contributed by atoms with Crippen LogP contribution in [0.25, 0.3) is 0 Å². The number of carbonyl (C=O) groups is 2. The van der Waals surface area contributed by atoms with Gasteiger partial charge >= 0.3 is 12.1 Å². The van der Waals surface area contributed by atoms with Crippen LogP contribution in [0.15, 0.2) is 0 Å². The minimum atomic E-state index is -0.996. The van der Waals surface area contributed by atoms with Crippen LogP contribution >= 0.6 is 0 Å². The standard InChI is InChI=1S/C19H26O6/c1-11-12(2)14(4)17(15(5)13(11)3)18(20)23-25-24-19(21)22-16-9-7-6-8-10-16/h16H,6-10H2,1-5H3. The van der Waals surface area contributed by atoms with Crippen LogP contribution < -0.4 is 0 Å². The molecule has 138 valence electrons. The van der Waals surface area contributed by atoms with E-state index in [-0.39, 0.29) is 6.10 Å². The van der Waals surface area contributed by atoms with Gasteiger partial charge in [-0.05, 0) is 88.1 Å². The molecule has 0 heterocycles. The van der Waals surface area contributed by atoms with E-state index in [1.807, 2.05) is 34.6 Å². The molecule has 0 bridgehead atoms. The Morgan fingerprint density at radius 3 is 1.84 bits per heavy atom. The molecule has 1 aliphatic carbocycles. The molecule has 0 unspecified atom stereocenters. The highest BCUT2D eigenvalue weighted by molar-refractivity contribution is 5.93. The lowest BCUT2D eigenvalue weighted by atomic mass is 9.90. The average molecular weight is 350 g/mol. The summed E-state index contributed by atoms with van der Waals surface area (Å²) in [4.78, 5) is 32.9. The summed E-state index contributed by atoms with van der Waals surface area (Å²) in [6.07, 6.45) is 3.68. The number of rotatable bonds is 4. The van der Waals surface area contributed by atoms with E-state index in [4.69, 9.17) is 4.74 Å². The van der Waals surface area contributed by atoms with Crippen LogP contribution in [-0.4, -0.2) is 18.2 Å². The minimum Gasteiger partial charge on any atom is -0.429 e. The molecular weight excluding hydrogens is 324 g/mol. The second kappa shape index (κ2) is 8.34. The molecule has 0 atom stereocenters. The molecule has 0 amide bonds. The summed E-state index contributed by atoms with van der Waals surface area (Å²) in [7, 11) is 0. The molecule has 0 spiro atoms. The molecule has 25 heavy (non-hydrogen) atoms. The normalized spacial score (nSPS) is 14.9. The van der Waals surface area contributed by atoms with Crippen molar-refractivity contribution in [3.8, 4) is 0 Å². The molecule has 0 aromatic heterocycles. The largest absolute Gasteiger partial charge is 0.543 e. The van der Waals surface area contributed by atoms with Gasteiger partial charge in [0.15, 0.2) is 0 Å². The van der Waals surface area contributed by atoms with Gasteiger partial charge in [0, 0.05) is 0 Å². The topological polar surface area (TPSA) is 71.1 Å². The third-order valence-corrected chi connectivity index (χ3v) is 5.23. The van der Waals surface area contributed by atoms with Crippen LogP contribution in [0, 0.1) is 34.6 Å². The molecule has 6 heteroatoms. The summed E-state index contributed by atoms with van der Waals surface area (Å²) in [5, 5.41) is 4.35. The Morgan fingerprint density at radius 1 is 0.760 bits per heavy atom. The lowest BCUT2D eigenvalue weighted by Crippen LogP contribution is -2.22. The summed E-state index contributed by atoms with van der Waals surface area (Å²) < 4.78 is 5.10. The van der Waals surface area contributed by atoms with Crippen LogP contribution in [0.4, 0.5) is 4.79 Å². The second-order valence-corrected chi connectivity index (χ2v) is 6.65. The maximum atomic E-state index is 12.3. The minimum absolute atomic E-state index is 0.160. The fourth-order valence-electron chi connectivity index (χ4n) is 3.26. The zero-order valence-corrected chi connectivity index (χ0v) is 15.6. The van der Waals surface area contributed by atoms with Gasteiger partial charge in [-0.1, -0.05) is 6.42 Å². The highest BCUT2D eigenvalue weighted by Gasteiger charge is 2.23. The fraction of sp³-hybridized carbons (Fsp3) is 0.579. The first-order valence-corrected chi connectivity index (χ1v) is 8.66. The van der Waals surface area contributed by atoms with Crippen molar-refractivity contribution in [3.63, 3.8) is 0 Å². The number of hydrogen-bond donors (Lipinski definition) is 0. The SMILES string of the molecule is Cc1c(C)c(C)c(C(=O)OOOC(=O)OC2CCCCC2)c(C)c1C. The predicted octanol–water partition coefficient (Wildman–Crippen LogP) is 4.72. The summed E-state index contributed by atoms with van der Waals surface area (Å²) >= 11 is 0. The van der Waals surface area contributed by atoms with E-state index in [0.29, 0.717) is 5.56 Å². The molecule has 0 aliphatic heterocycles. The Hall–Kier alpha value is -2.08. The maximum absolute atomic E-state index is 12.3. The van der Waals surface area contributed by atoms with Gasteiger partial charge in [0.05, 0.1) is 10.6 Å². The van der Waals surface area contributed by atoms with E-state index in [0.717, 1.165) is 59.9 Å². The zero-order valence-electron chi connectivity index (χ0n) is 15.6. The van der Waals surface area contributed by atoms with Crippen LogP contribution in [0.1, 0.15) is 70.3 Å². The maximum Gasteiger partial charge on any atom is 0.543 e. The fourth-order valence-corrected chi connectivity index (χ4v) is 3.26. The molecule has 0 radical (unpaired) electrons. The Bertz CT molecular complexity index is 629. The molecule has 1 fully saturated rings. The molecule has 6 nitrogen and oxygen atoms in total. The van der Waals surface area contributed by atoms with Crippen LogP contribution in [0.2, 0.25) is 0 Å². The molecule has 1 saturated carbocycles. The van der Waals surface area contributed by atoms with E-state index < -0.39 is 12.1 Å². The van der Waals surface area contributed by atoms with Gasteiger partial charge in [0.2, 0.25) is 0 Å². The number of carbonyl (C=O) groups excluding carboxylic acids is 2. The number of ether oxygens (including phenoxy) is 1. The number of hydrogen-bond acceptors (Lipinski definition) is 6. The molecule has 0 saturated heterocycles. The van der Waals surface area contributed by atoms with Crippen LogP contribution in [-0.2, 0) is 19.6 Å². The van der Waals surface area contributed by atoms with Crippen LogP contribution in [0.3, 0.4) is 0 Å². The Kier molecular flexibility index (Phi) is 6.42. The molecule has 0 N–H and O–H groups in total. The van der Waals surface area contributed by atoms with Gasteiger partial charge < -0.3 is 4.74 Å². The Morgan fingerprint density at radius 2 is 1.28 bits per heavy atom. The van der Waals surface area contributed by atoms with Gasteiger partial charge in [-0.2, -0.15) is 0 Å². The lowest BCUT2D eigenvalue weighted by Gasteiger charge is -2.20. The van der Waals surface area contributed by atoms with E-state index in [1.54, 1.807) is 0 Å². The molecular formula is C19H26O6. The van der Waals surface area contributed by atoms with Gasteiger partial charge in [0.1, 0.15) is 6.10 Å². The monoisotopic (exact) mass is 350 g/mol. The molecule has 1 aliphatic rings. The van der Waals surface area contributed by atoms with Crippen molar-refractivity contribution in [2.75, 3.05) is 0 Å². The highest BCUT2D eigenvalue weighted by atomic mass is 17.5. The summed E-state index contributed by atoms with van der Waals surface area (Å²) in [5.74, 6) is -0.702. The Labute approximate surface area is 148 Å². The van der Waals surface area contributed by atoms with Crippen LogP contribution in [0.5, 0.6) is 0 Å². The van der Waals surface area contributed by atoms with E-state index in [9.17, 15) is 9.59 Å². The first-order chi connectivity index (χ1) is 11.8. The van der Waals surface area contributed by atoms with Crippen molar-refractivity contribution in [1.29, 1.82) is 0 Å². The quantitative estimate of drug-likeness (QED) is 0.444. The lowest BCUT2D eigenvalue weighted by molar-refractivity contribution is -0.453. The van der Waals surface area contributed by atoms with Crippen molar-refractivity contribution in [1.82, 2.24) is 0 Å². The molecule has 2 rings (SSSR count). The van der Waals surface area contributed by atoms with Crippen molar-refractivity contribution in [2.45, 2.75) is 72.8 Å². The van der Waals surface area contributed by atoms with Crippen molar-refractivity contribution in [2.24, 2.45) is 0 Å². The van der Waals surface area contributed by atoms with Gasteiger partial charge in [-0.3, -0.25) is 4.89 Å². The van der Waals surface area contributed by atoms with Gasteiger partial charge in [0.25, 0.3) is 0 Å². The van der Waals surface area contributed by atoms with E-state index in [1.165, 1.54) is 0 Å². The Balaban J connectivity index is 1.91. The third kappa shape index (κ3) is 4.51. The first kappa shape index (κ1) is 19.2. The summed E-state index contributed by atoms with van der Waals surface area (Å²) in [6.45, 7) is 9.62. The van der Waals surface area contributed by atoms with Crippen molar-refractivity contribution in [3.05, 3.63) is 33.4 Å². The zero-order chi connectivity index (χ0) is 18.6. The third-order valence-electron chi connectivity index (χ3n) is 5.23.